The van der Waals surface area contributed by atoms with Crippen molar-refractivity contribution >= 4 is 42.4 Å². The summed E-state index contributed by atoms with van der Waals surface area (Å²) < 4.78 is 12.7. The van der Waals surface area contributed by atoms with E-state index >= 15 is 4.79 Å². The van der Waals surface area contributed by atoms with E-state index < -0.39 is 19.8 Å². The van der Waals surface area contributed by atoms with Crippen molar-refractivity contribution in [3.05, 3.63) is 83.9 Å². The van der Waals surface area contributed by atoms with Gasteiger partial charge in [0.05, 0.1) is 52.6 Å². The van der Waals surface area contributed by atoms with Gasteiger partial charge in [-0.05, 0) is 67.1 Å². The normalized spacial score (nSPS) is 26.6. The summed E-state index contributed by atoms with van der Waals surface area (Å²) in [4.78, 5) is 47.9. The summed E-state index contributed by atoms with van der Waals surface area (Å²) in [5.41, 5.74) is 1.90. The number of anilines is 2. The molecular formula is C40H49N3O6Si. The molecule has 1 N–H and O–H groups in total. The summed E-state index contributed by atoms with van der Waals surface area (Å²) in [6.07, 6.45) is 3.55. The largest absolute Gasteiger partial charge is 0.497 e. The first-order valence-corrected chi connectivity index (χ1v) is 21.2. The average Bonchev–Trinajstić information content (AvgIpc) is 3.79. The fraction of sp³-hybridized carbons (Fsp3) is 0.475. The maximum Gasteiger partial charge on any atom is 0.264 e. The highest BCUT2D eigenvalue weighted by Crippen LogP contribution is 2.60. The number of piperidine rings is 1. The van der Waals surface area contributed by atoms with Gasteiger partial charge in [0.1, 0.15) is 5.75 Å². The first kappa shape index (κ1) is 34.5. The average molecular weight is 696 g/mol. The SMILES string of the molecule is COc1ccc([Si](C)(C)[C@@H]2[C@@H](CC(=O)N3CCC[C@H]3CO)O[C@]3(C(=O)N(Cc4ccccc4)c4ccc(N5CCCCC5=O)cc43)[C@H]2C)cc1. The van der Waals surface area contributed by atoms with Crippen LogP contribution in [0.5, 0.6) is 5.75 Å². The van der Waals surface area contributed by atoms with Crippen molar-refractivity contribution in [1.82, 2.24) is 4.90 Å². The van der Waals surface area contributed by atoms with E-state index in [1.165, 1.54) is 5.19 Å². The Bertz CT molecular complexity index is 1750. The zero-order chi connectivity index (χ0) is 35.2. The van der Waals surface area contributed by atoms with Crippen molar-refractivity contribution in [2.45, 2.75) is 88.4 Å². The molecule has 4 heterocycles. The molecule has 3 fully saturated rings. The molecule has 5 atom stereocenters. The number of hydrogen-bond acceptors (Lipinski definition) is 6. The van der Waals surface area contributed by atoms with Gasteiger partial charge in [0.15, 0.2) is 5.60 Å². The number of aliphatic hydroxyl groups is 1. The third-order valence-electron chi connectivity index (χ3n) is 11.9. The standard InChI is InChI=1S/C40H49N3O6Si/c1-27-38(50(3,4)32-18-16-31(48-2)17-19-32)35(24-37(46)42-22-10-13-30(42)26-44)49-40(27)33-23-29(41-21-9-8-14-36(41)45)15-20-34(33)43(39(40)47)25-28-11-6-5-7-12-28/h5-7,11-12,15-20,23,27,30,35,38,44H,8-10,13-14,21-22,24-26H2,1-4H3/t27-,30-,35+,38-,40+/m0/s1. The summed E-state index contributed by atoms with van der Waals surface area (Å²) in [5, 5.41) is 11.3. The second-order valence-electron chi connectivity index (χ2n) is 15.0. The molecule has 1 spiro atoms. The number of fused-ring (bicyclic) bond motifs is 2. The van der Waals surface area contributed by atoms with E-state index in [9.17, 15) is 14.7 Å². The molecule has 10 heteroatoms. The van der Waals surface area contributed by atoms with Crippen LogP contribution < -0.4 is 19.7 Å². The first-order valence-electron chi connectivity index (χ1n) is 18.1. The maximum atomic E-state index is 15.2. The van der Waals surface area contributed by atoms with Crippen molar-refractivity contribution in [2.24, 2.45) is 5.92 Å². The molecule has 0 unspecified atom stereocenters. The van der Waals surface area contributed by atoms with Crippen LogP contribution in [0, 0.1) is 5.92 Å². The third kappa shape index (κ3) is 5.75. The lowest BCUT2D eigenvalue weighted by molar-refractivity contribution is -0.150. The molecule has 264 valence electrons. The highest BCUT2D eigenvalue weighted by molar-refractivity contribution is 6.91. The number of hydrogen-bond donors (Lipinski definition) is 1. The Morgan fingerprint density at radius 2 is 1.76 bits per heavy atom. The molecule has 3 amide bonds. The van der Waals surface area contributed by atoms with Gasteiger partial charge in [0.25, 0.3) is 5.91 Å². The fourth-order valence-corrected chi connectivity index (χ4v) is 13.3. The van der Waals surface area contributed by atoms with Gasteiger partial charge in [-0.15, -0.1) is 0 Å². The molecule has 4 aliphatic rings. The summed E-state index contributed by atoms with van der Waals surface area (Å²) >= 11 is 0. The minimum Gasteiger partial charge on any atom is -0.497 e. The van der Waals surface area contributed by atoms with Crippen molar-refractivity contribution in [3.63, 3.8) is 0 Å². The molecule has 0 radical (unpaired) electrons. The van der Waals surface area contributed by atoms with Crippen molar-refractivity contribution in [1.29, 1.82) is 0 Å². The Morgan fingerprint density at radius 1 is 1.00 bits per heavy atom. The van der Waals surface area contributed by atoms with Gasteiger partial charge in [-0.2, -0.15) is 0 Å². The molecule has 50 heavy (non-hydrogen) atoms. The predicted molar refractivity (Wildman–Crippen MR) is 196 cm³/mol. The van der Waals surface area contributed by atoms with Crippen LogP contribution in [0.15, 0.2) is 72.8 Å². The molecule has 3 aromatic rings. The highest BCUT2D eigenvalue weighted by Gasteiger charge is 2.66. The second-order valence-corrected chi connectivity index (χ2v) is 19.7. The number of nitrogens with zero attached hydrogens (tertiary/aromatic N) is 3. The van der Waals surface area contributed by atoms with Crippen LogP contribution in [0.1, 0.15) is 56.6 Å². The number of carbonyl (C=O) groups excluding carboxylic acids is 3. The van der Waals surface area contributed by atoms with Gasteiger partial charge in [0, 0.05) is 36.7 Å². The molecule has 0 aliphatic carbocycles. The van der Waals surface area contributed by atoms with E-state index in [1.807, 2.05) is 75.4 Å². The molecule has 9 nitrogen and oxygen atoms in total. The second kappa shape index (κ2) is 13.6. The lowest BCUT2D eigenvalue weighted by Crippen LogP contribution is -2.52. The van der Waals surface area contributed by atoms with E-state index in [0.717, 1.165) is 53.9 Å². The Kier molecular flexibility index (Phi) is 9.38. The van der Waals surface area contributed by atoms with E-state index in [0.29, 0.717) is 26.1 Å². The molecule has 0 saturated carbocycles. The fourth-order valence-electron chi connectivity index (χ4n) is 9.31. The molecule has 7 rings (SSSR count). The van der Waals surface area contributed by atoms with Gasteiger partial charge < -0.3 is 29.3 Å². The number of benzene rings is 3. The number of rotatable bonds is 9. The van der Waals surface area contributed by atoms with Crippen LogP contribution in [0.4, 0.5) is 11.4 Å². The first-order chi connectivity index (χ1) is 24.1. The number of ether oxygens (including phenoxy) is 2. The molecule has 0 aromatic heterocycles. The summed E-state index contributed by atoms with van der Waals surface area (Å²) in [6, 6.07) is 23.9. The van der Waals surface area contributed by atoms with Crippen molar-refractivity contribution in [3.8, 4) is 5.75 Å². The smallest absolute Gasteiger partial charge is 0.264 e. The zero-order valence-electron chi connectivity index (χ0n) is 29.6. The molecule has 3 aromatic carbocycles. The Labute approximate surface area is 296 Å². The number of methoxy groups -OCH3 is 1. The predicted octanol–water partition coefficient (Wildman–Crippen LogP) is 5.35. The minimum atomic E-state index is -2.47. The van der Waals surface area contributed by atoms with Gasteiger partial charge in [-0.3, -0.25) is 14.4 Å². The van der Waals surface area contributed by atoms with Gasteiger partial charge in [0.2, 0.25) is 11.8 Å². The number of carbonyl (C=O) groups is 3. The zero-order valence-corrected chi connectivity index (χ0v) is 30.6. The Balaban J connectivity index is 1.35. The van der Waals surface area contributed by atoms with Gasteiger partial charge in [-0.1, -0.05) is 67.7 Å². The minimum absolute atomic E-state index is 0.0418. The van der Waals surface area contributed by atoms with Crippen LogP contribution in [-0.2, 0) is 31.3 Å². The molecule has 4 aliphatic heterocycles. The lowest BCUT2D eigenvalue weighted by atomic mass is 9.82. The monoisotopic (exact) mass is 695 g/mol. The lowest BCUT2D eigenvalue weighted by Gasteiger charge is -2.37. The summed E-state index contributed by atoms with van der Waals surface area (Å²) in [7, 11) is -0.817. The van der Waals surface area contributed by atoms with Crippen LogP contribution >= 0.6 is 0 Å². The summed E-state index contributed by atoms with van der Waals surface area (Å²) in [5.74, 6) is 0.419. The number of amides is 3. The van der Waals surface area contributed by atoms with Crippen molar-refractivity contribution < 1.29 is 29.0 Å². The molecule has 0 bridgehead atoms. The topological polar surface area (TPSA) is 99.6 Å². The number of aliphatic hydroxyl groups excluding tert-OH is 1. The van der Waals surface area contributed by atoms with E-state index in [1.54, 1.807) is 7.11 Å². The van der Waals surface area contributed by atoms with Gasteiger partial charge >= 0.3 is 0 Å². The quantitative estimate of drug-likeness (QED) is 0.303. The van der Waals surface area contributed by atoms with Gasteiger partial charge in [-0.25, -0.2) is 0 Å². The molecular weight excluding hydrogens is 647 g/mol. The highest BCUT2D eigenvalue weighted by atomic mass is 28.3. The number of likely N-dealkylation sites (tertiary alicyclic amines) is 1. The van der Waals surface area contributed by atoms with E-state index in [4.69, 9.17) is 9.47 Å². The van der Waals surface area contributed by atoms with Crippen LogP contribution in [-0.4, -0.2) is 74.8 Å². The Hall–Kier alpha value is -3.99. The van der Waals surface area contributed by atoms with Crippen LogP contribution in [0.25, 0.3) is 0 Å². The van der Waals surface area contributed by atoms with E-state index in [-0.39, 0.29) is 48.3 Å². The summed E-state index contributed by atoms with van der Waals surface area (Å²) in [6.45, 7) is 8.33. The Morgan fingerprint density at radius 3 is 2.46 bits per heavy atom. The van der Waals surface area contributed by atoms with E-state index in [2.05, 4.69) is 32.2 Å². The third-order valence-corrected chi connectivity index (χ3v) is 16.3. The van der Waals surface area contributed by atoms with Crippen LogP contribution in [0.3, 0.4) is 0 Å². The van der Waals surface area contributed by atoms with Crippen molar-refractivity contribution in [2.75, 3.05) is 36.6 Å². The van der Waals surface area contributed by atoms with Crippen LogP contribution in [0.2, 0.25) is 18.6 Å². The molecule has 3 saturated heterocycles. The maximum absolute atomic E-state index is 15.2.